The summed E-state index contributed by atoms with van der Waals surface area (Å²) >= 11 is 5.30. The first-order chi connectivity index (χ1) is 8.65. The summed E-state index contributed by atoms with van der Waals surface area (Å²) in [5, 5.41) is 3.87. The fraction of sp³-hybridized carbons (Fsp3) is 0.273. The van der Waals surface area contributed by atoms with Crippen LogP contribution in [0.5, 0.6) is 0 Å². The quantitative estimate of drug-likeness (QED) is 0.715. The lowest BCUT2D eigenvalue weighted by molar-refractivity contribution is 0.386. The second-order valence-corrected chi connectivity index (χ2v) is 4.46. The van der Waals surface area contributed by atoms with Gasteiger partial charge in [0.15, 0.2) is 16.2 Å². The first kappa shape index (κ1) is 11.1. The van der Waals surface area contributed by atoms with Crippen LogP contribution in [0.3, 0.4) is 0 Å². The number of aromatic amines is 1. The highest BCUT2D eigenvalue weighted by molar-refractivity contribution is 7.71. The zero-order valence-corrected chi connectivity index (χ0v) is 10.8. The lowest BCUT2D eigenvalue weighted by atomic mass is 10.3. The second kappa shape index (κ2) is 4.02. The lowest BCUT2D eigenvalue weighted by Gasteiger charge is -1.99. The fourth-order valence-corrected chi connectivity index (χ4v) is 2.12. The molecule has 0 amide bonds. The molecule has 3 aromatic rings. The number of hydrogen-bond acceptors (Lipinski definition) is 5. The van der Waals surface area contributed by atoms with Gasteiger partial charge in [-0.05, 0) is 30.8 Å². The standard InChI is InChI=1S/C11H11N5OS/c1-6-3-4-12-10-9(6)14-11(18)16(10)5-8-13-7(2)17-15-8/h3-4H,5H2,1-2H3,(H,14,18). The van der Waals surface area contributed by atoms with Crippen molar-refractivity contribution in [2.45, 2.75) is 20.4 Å². The van der Waals surface area contributed by atoms with Crippen molar-refractivity contribution in [1.82, 2.24) is 24.7 Å². The minimum absolute atomic E-state index is 0.451. The van der Waals surface area contributed by atoms with Crippen LogP contribution in [-0.4, -0.2) is 24.7 Å². The number of aromatic nitrogens is 5. The average molecular weight is 261 g/mol. The minimum Gasteiger partial charge on any atom is -0.340 e. The third kappa shape index (κ3) is 1.72. The number of fused-ring (bicyclic) bond motifs is 1. The van der Waals surface area contributed by atoms with Crippen molar-refractivity contribution in [2.24, 2.45) is 0 Å². The van der Waals surface area contributed by atoms with Gasteiger partial charge in [0.1, 0.15) is 0 Å². The molecule has 0 saturated carbocycles. The van der Waals surface area contributed by atoms with Gasteiger partial charge in [0.2, 0.25) is 5.89 Å². The van der Waals surface area contributed by atoms with Crippen molar-refractivity contribution < 1.29 is 4.52 Å². The molecule has 0 aliphatic rings. The van der Waals surface area contributed by atoms with Crippen LogP contribution in [0.4, 0.5) is 0 Å². The van der Waals surface area contributed by atoms with E-state index in [-0.39, 0.29) is 0 Å². The molecular weight excluding hydrogens is 250 g/mol. The summed E-state index contributed by atoms with van der Waals surface area (Å²) < 4.78 is 7.42. The van der Waals surface area contributed by atoms with Gasteiger partial charge in [0.05, 0.1) is 12.1 Å². The van der Waals surface area contributed by atoms with Gasteiger partial charge in [-0.2, -0.15) is 4.98 Å². The fourth-order valence-electron chi connectivity index (χ4n) is 1.87. The van der Waals surface area contributed by atoms with Crippen molar-refractivity contribution >= 4 is 23.4 Å². The first-order valence-corrected chi connectivity index (χ1v) is 5.89. The Balaban J connectivity index is 2.14. The Bertz CT molecular complexity index is 769. The molecule has 3 rings (SSSR count). The van der Waals surface area contributed by atoms with Gasteiger partial charge in [-0.15, -0.1) is 0 Å². The smallest absolute Gasteiger partial charge is 0.223 e. The van der Waals surface area contributed by atoms with Crippen LogP contribution in [0.1, 0.15) is 17.3 Å². The SMILES string of the molecule is Cc1nc(Cn2c(=S)[nH]c3c(C)ccnc32)no1. The van der Waals surface area contributed by atoms with Gasteiger partial charge >= 0.3 is 0 Å². The molecule has 18 heavy (non-hydrogen) atoms. The number of rotatable bonds is 2. The number of nitrogens with zero attached hydrogens (tertiary/aromatic N) is 4. The molecule has 0 atom stereocenters. The highest BCUT2D eigenvalue weighted by atomic mass is 32.1. The van der Waals surface area contributed by atoms with Crippen molar-refractivity contribution in [3.05, 3.63) is 34.3 Å². The summed E-state index contributed by atoms with van der Waals surface area (Å²) in [6.07, 6.45) is 1.76. The topological polar surface area (TPSA) is 72.5 Å². The van der Waals surface area contributed by atoms with Gasteiger partial charge in [0.25, 0.3) is 0 Å². The Morgan fingerprint density at radius 1 is 1.44 bits per heavy atom. The summed E-state index contributed by atoms with van der Waals surface area (Å²) in [4.78, 5) is 11.7. The van der Waals surface area contributed by atoms with Crippen LogP contribution < -0.4 is 0 Å². The zero-order chi connectivity index (χ0) is 12.7. The van der Waals surface area contributed by atoms with Crippen LogP contribution in [0, 0.1) is 18.6 Å². The molecule has 0 spiro atoms. The van der Waals surface area contributed by atoms with Crippen LogP contribution in [0.25, 0.3) is 11.2 Å². The molecular formula is C11H11N5OS. The Kier molecular flexibility index (Phi) is 2.48. The molecule has 0 aromatic carbocycles. The molecule has 6 nitrogen and oxygen atoms in total. The van der Waals surface area contributed by atoms with Crippen molar-refractivity contribution in [3.63, 3.8) is 0 Å². The van der Waals surface area contributed by atoms with Crippen LogP contribution in [0.15, 0.2) is 16.8 Å². The Morgan fingerprint density at radius 3 is 3.00 bits per heavy atom. The molecule has 0 saturated heterocycles. The zero-order valence-electron chi connectivity index (χ0n) is 9.97. The molecule has 7 heteroatoms. The molecule has 92 valence electrons. The van der Waals surface area contributed by atoms with Gasteiger partial charge in [0, 0.05) is 13.1 Å². The largest absolute Gasteiger partial charge is 0.340 e. The van der Waals surface area contributed by atoms with E-state index in [1.165, 1.54) is 0 Å². The maximum atomic E-state index is 5.30. The minimum atomic E-state index is 0.451. The highest BCUT2D eigenvalue weighted by Gasteiger charge is 2.10. The van der Waals surface area contributed by atoms with E-state index in [2.05, 4.69) is 20.1 Å². The van der Waals surface area contributed by atoms with Gasteiger partial charge in [-0.1, -0.05) is 5.16 Å². The van der Waals surface area contributed by atoms with E-state index in [1.54, 1.807) is 13.1 Å². The molecule has 0 aliphatic heterocycles. The van der Waals surface area contributed by atoms with Gasteiger partial charge < -0.3 is 9.51 Å². The average Bonchev–Trinajstić information content (AvgIpc) is 2.87. The van der Waals surface area contributed by atoms with E-state index < -0.39 is 0 Å². The number of hydrogen-bond donors (Lipinski definition) is 1. The summed E-state index contributed by atoms with van der Waals surface area (Å²) in [6, 6.07) is 1.94. The second-order valence-electron chi connectivity index (χ2n) is 4.07. The highest BCUT2D eigenvalue weighted by Crippen LogP contribution is 2.16. The van der Waals surface area contributed by atoms with Crippen molar-refractivity contribution in [2.75, 3.05) is 0 Å². The molecule has 0 radical (unpaired) electrons. The number of aryl methyl sites for hydroxylation is 2. The Morgan fingerprint density at radius 2 is 2.28 bits per heavy atom. The molecule has 0 bridgehead atoms. The molecule has 0 fully saturated rings. The first-order valence-electron chi connectivity index (χ1n) is 5.48. The van der Waals surface area contributed by atoms with E-state index in [1.807, 2.05) is 17.6 Å². The summed E-state index contributed by atoms with van der Waals surface area (Å²) in [5.74, 6) is 1.13. The molecule has 0 aliphatic carbocycles. The molecule has 3 heterocycles. The number of imidazole rings is 1. The van der Waals surface area contributed by atoms with Crippen molar-refractivity contribution in [1.29, 1.82) is 0 Å². The third-order valence-corrected chi connectivity index (χ3v) is 3.06. The van der Waals surface area contributed by atoms with Crippen molar-refractivity contribution in [3.8, 4) is 0 Å². The number of nitrogens with one attached hydrogen (secondary N) is 1. The molecule has 3 aromatic heterocycles. The number of pyridine rings is 1. The molecule has 1 N–H and O–H groups in total. The monoisotopic (exact) mass is 261 g/mol. The van der Waals surface area contributed by atoms with Gasteiger partial charge in [-0.3, -0.25) is 4.57 Å². The van der Waals surface area contributed by atoms with E-state index in [4.69, 9.17) is 16.7 Å². The van der Waals surface area contributed by atoms with E-state index in [9.17, 15) is 0 Å². The van der Waals surface area contributed by atoms with Crippen LogP contribution in [0.2, 0.25) is 0 Å². The van der Waals surface area contributed by atoms with E-state index in [0.29, 0.717) is 23.0 Å². The normalized spacial score (nSPS) is 11.2. The summed E-state index contributed by atoms with van der Waals surface area (Å²) in [6.45, 7) is 4.22. The lowest BCUT2D eigenvalue weighted by Crippen LogP contribution is -2.02. The van der Waals surface area contributed by atoms with E-state index >= 15 is 0 Å². The molecule has 0 unspecified atom stereocenters. The van der Waals surface area contributed by atoms with Gasteiger partial charge in [-0.25, -0.2) is 4.98 Å². The number of H-pyrrole nitrogens is 1. The Labute approximate surface area is 108 Å². The summed E-state index contributed by atoms with van der Waals surface area (Å²) in [5.41, 5.74) is 2.86. The third-order valence-electron chi connectivity index (χ3n) is 2.74. The summed E-state index contributed by atoms with van der Waals surface area (Å²) in [7, 11) is 0. The van der Waals surface area contributed by atoms with E-state index in [0.717, 1.165) is 16.7 Å². The Hall–Kier alpha value is -2.02. The van der Waals surface area contributed by atoms with Crippen LogP contribution in [-0.2, 0) is 6.54 Å². The maximum Gasteiger partial charge on any atom is 0.223 e. The predicted octanol–water partition coefficient (Wildman–Crippen LogP) is 2.14. The predicted molar refractivity (Wildman–Crippen MR) is 67.8 cm³/mol. The maximum absolute atomic E-state index is 5.30. The van der Waals surface area contributed by atoms with Crippen LogP contribution >= 0.6 is 12.2 Å².